The molecule has 142 valence electrons. The Morgan fingerprint density at radius 1 is 1.22 bits per heavy atom. The first kappa shape index (κ1) is 19.5. The second-order valence-corrected chi connectivity index (χ2v) is 8.41. The topological polar surface area (TPSA) is 72.5 Å². The number of rotatable bonds is 5. The van der Waals surface area contributed by atoms with E-state index in [1.54, 1.807) is 6.92 Å². The largest absolute Gasteiger partial charge is 0.462 e. The van der Waals surface area contributed by atoms with Crippen LogP contribution in [0.15, 0.2) is 41.3 Å². The van der Waals surface area contributed by atoms with Gasteiger partial charge in [-0.25, -0.2) is 22.0 Å². The predicted molar refractivity (Wildman–Crippen MR) is 100.0 cm³/mol. The Morgan fingerprint density at radius 3 is 2.63 bits per heavy atom. The van der Waals surface area contributed by atoms with Crippen LogP contribution in [-0.4, -0.2) is 21.0 Å². The summed E-state index contributed by atoms with van der Waals surface area (Å²) in [6.07, 6.45) is 0. The van der Waals surface area contributed by atoms with Gasteiger partial charge >= 0.3 is 5.97 Å². The summed E-state index contributed by atoms with van der Waals surface area (Å²) in [6.45, 7) is 1.59. The molecule has 0 radical (unpaired) electrons. The van der Waals surface area contributed by atoms with E-state index in [0.717, 1.165) is 35.6 Å². The van der Waals surface area contributed by atoms with E-state index < -0.39 is 32.5 Å². The molecule has 0 aliphatic rings. The van der Waals surface area contributed by atoms with Crippen molar-refractivity contribution in [1.29, 1.82) is 0 Å². The third-order valence-electron chi connectivity index (χ3n) is 3.52. The fraction of sp³-hybridized carbons (Fsp3) is 0.118. The lowest BCUT2D eigenvalue weighted by molar-refractivity contribution is 0.0528. The number of carbonyl (C=O) groups is 1. The minimum Gasteiger partial charge on any atom is -0.462 e. The van der Waals surface area contributed by atoms with Crippen molar-refractivity contribution in [2.45, 2.75) is 11.8 Å². The first-order valence-electron chi connectivity index (χ1n) is 7.60. The van der Waals surface area contributed by atoms with E-state index in [-0.39, 0.29) is 32.3 Å². The number of benzene rings is 2. The number of hydrogen-bond donors (Lipinski definition) is 1. The minimum absolute atomic E-state index is 0.0239. The van der Waals surface area contributed by atoms with Gasteiger partial charge in [0.1, 0.15) is 21.4 Å². The number of nitrogens with one attached hydrogen (secondary N) is 1. The summed E-state index contributed by atoms with van der Waals surface area (Å²) in [6, 6.07) is 7.22. The Hall–Kier alpha value is -2.23. The van der Waals surface area contributed by atoms with E-state index in [1.807, 2.05) is 0 Å². The smallest absolute Gasteiger partial charge is 0.349 e. The molecule has 0 unspecified atom stereocenters. The van der Waals surface area contributed by atoms with Gasteiger partial charge in [0.15, 0.2) is 0 Å². The van der Waals surface area contributed by atoms with Gasteiger partial charge in [-0.2, -0.15) is 0 Å². The Labute approximate surface area is 162 Å². The van der Waals surface area contributed by atoms with Gasteiger partial charge in [0.25, 0.3) is 10.0 Å². The lowest BCUT2D eigenvalue weighted by atomic mass is 10.2. The molecule has 3 aromatic rings. The number of fused-ring (bicyclic) bond motifs is 1. The van der Waals surface area contributed by atoms with Crippen LogP contribution in [0.5, 0.6) is 0 Å². The molecule has 1 heterocycles. The zero-order valence-electron chi connectivity index (χ0n) is 13.8. The molecule has 0 bridgehead atoms. The molecule has 0 saturated carbocycles. The highest BCUT2D eigenvalue weighted by atomic mass is 35.5. The zero-order valence-corrected chi connectivity index (χ0v) is 16.1. The third-order valence-corrected chi connectivity index (χ3v) is 6.53. The summed E-state index contributed by atoms with van der Waals surface area (Å²) in [5.74, 6) is -2.40. The van der Waals surface area contributed by atoms with E-state index in [1.165, 1.54) is 12.1 Å². The quantitative estimate of drug-likeness (QED) is 0.588. The molecule has 0 aliphatic heterocycles. The molecular weight excluding hydrogens is 420 g/mol. The number of ether oxygens (including phenoxy) is 1. The van der Waals surface area contributed by atoms with Crippen LogP contribution in [0.1, 0.15) is 16.6 Å². The monoisotopic (exact) mass is 431 g/mol. The third kappa shape index (κ3) is 3.76. The van der Waals surface area contributed by atoms with Gasteiger partial charge in [0, 0.05) is 10.1 Å². The maximum absolute atomic E-state index is 14.4. The number of sulfonamides is 1. The lowest BCUT2D eigenvalue weighted by Gasteiger charge is -2.10. The van der Waals surface area contributed by atoms with Crippen LogP contribution in [0.2, 0.25) is 5.02 Å². The van der Waals surface area contributed by atoms with Crippen LogP contribution in [0.4, 0.5) is 14.5 Å². The van der Waals surface area contributed by atoms with E-state index in [9.17, 15) is 22.0 Å². The van der Waals surface area contributed by atoms with Crippen molar-refractivity contribution in [3.05, 3.63) is 57.9 Å². The van der Waals surface area contributed by atoms with Gasteiger partial charge in [-0.05, 0) is 37.3 Å². The first-order chi connectivity index (χ1) is 12.7. The van der Waals surface area contributed by atoms with Crippen LogP contribution in [0.25, 0.3) is 10.1 Å². The number of thiophene rings is 1. The van der Waals surface area contributed by atoms with Crippen LogP contribution in [0, 0.1) is 11.6 Å². The standard InChI is InChI=1S/C17H12ClF2NO4S2/c1-2-25-17(22)15-16(14-12(20)4-3-5-13(14)26-15)27(23,24)21-9-6-7-11(19)10(18)8-9/h3-8,21H,2H2,1H3. The SMILES string of the molecule is CCOC(=O)c1sc2cccc(F)c2c1S(=O)(=O)Nc1ccc(F)c(Cl)c1. The molecule has 5 nitrogen and oxygen atoms in total. The van der Waals surface area contributed by atoms with Gasteiger partial charge in [-0.15, -0.1) is 11.3 Å². The Morgan fingerprint density at radius 2 is 1.96 bits per heavy atom. The minimum atomic E-state index is -4.40. The highest BCUT2D eigenvalue weighted by Gasteiger charge is 2.31. The Bertz CT molecular complexity index is 1150. The van der Waals surface area contributed by atoms with Crippen molar-refractivity contribution in [3.63, 3.8) is 0 Å². The second kappa shape index (κ2) is 7.41. The van der Waals surface area contributed by atoms with E-state index in [0.29, 0.717) is 0 Å². The molecule has 3 rings (SSSR count). The van der Waals surface area contributed by atoms with Crippen molar-refractivity contribution < 1.29 is 26.7 Å². The van der Waals surface area contributed by atoms with E-state index >= 15 is 0 Å². The second-order valence-electron chi connectivity index (χ2n) is 5.33. The summed E-state index contributed by atoms with van der Waals surface area (Å²) in [7, 11) is -4.40. The molecule has 27 heavy (non-hydrogen) atoms. The molecule has 1 aromatic heterocycles. The summed E-state index contributed by atoms with van der Waals surface area (Å²) in [4.78, 5) is 11.5. The highest BCUT2D eigenvalue weighted by molar-refractivity contribution is 7.93. The molecule has 0 amide bonds. The summed E-state index contributed by atoms with van der Waals surface area (Å²) in [5.41, 5.74) is -0.0353. The number of halogens is 3. The number of hydrogen-bond acceptors (Lipinski definition) is 5. The van der Waals surface area contributed by atoms with Crippen molar-refractivity contribution in [2.75, 3.05) is 11.3 Å². The molecule has 0 aliphatic carbocycles. The van der Waals surface area contributed by atoms with Crippen LogP contribution >= 0.6 is 22.9 Å². The van der Waals surface area contributed by atoms with Crippen molar-refractivity contribution in [1.82, 2.24) is 0 Å². The van der Waals surface area contributed by atoms with E-state index in [4.69, 9.17) is 16.3 Å². The van der Waals surface area contributed by atoms with Crippen LogP contribution in [0.3, 0.4) is 0 Å². The number of anilines is 1. The lowest BCUT2D eigenvalue weighted by Crippen LogP contribution is -2.17. The summed E-state index contributed by atoms with van der Waals surface area (Å²) in [5, 5.41) is -0.506. The molecule has 0 spiro atoms. The summed E-state index contributed by atoms with van der Waals surface area (Å²) < 4.78 is 60.9. The summed E-state index contributed by atoms with van der Waals surface area (Å²) >= 11 is 6.48. The van der Waals surface area contributed by atoms with Crippen LogP contribution in [-0.2, 0) is 14.8 Å². The van der Waals surface area contributed by atoms with Crippen molar-refractivity contribution in [2.24, 2.45) is 0 Å². The average molecular weight is 432 g/mol. The Kier molecular flexibility index (Phi) is 5.36. The first-order valence-corrected chi connectivity index (χ1v) is 10.3. The van der Waals surface area contributed by atoms with Crippen molar-refractivity contribution >= 4 is 54.7 Å². The van der Waals surface area contributed by atoms with Gasteiger partial charge in [-0.1, -0.05) is 17.7 Å². The maximum Gasteiger partial charge on any atom is 0.349 e. The highest BCUT2D eigenvalue weighted by Crippen LogP contribution is 2.38. The Balaban J connectivity index is 2.19. The molecule has 10 heteroatoms. The molecule has 0 fully saturated rings. The average Bonchev–Trinajstić information content (AvgIpc) is 3.00. The number of carbonyl (C=O) groups excluding carboxylic acids is 1. The fourth-order valence-corrected chi connectivity index (χ4v) is 5.48. The van der Waals surface area contributed by atoms with Gasteiger partial charge in [0.05, 0.1) is 17.3 Å². The zero-order chi connectivity index (χ0) is 19.8. The van der Waals surface area contributed by atoms with Gasteiger partial charge in [-0.3, -0.25) is 4.72 Å². The predicted octanol–water partition coefficient (Wildman–Crippen LogP) is 4.81. The molecule has 2 aromatic carbocycles. The molecule has 1 N–H and O–H groups in total. The molecule has 0 atom stereocenters. The van der Waals surface area contributed by atoms with Gasteiger partial charge in [0.2, 0.25) is 0 Å². The van der Waals surface area contributed by atoms with E-state index in [2.05, 4.69) is 4.72 Å². The fourth-order valence-electron chi connectivity index (χ4n) is 2.43. The van der Waals surface area contributed by atoms with Crippen LogP contribution < -0.4 is 4.72 Å². The van der Waals surface area contributed by atoms with Crippen molar-refractivity contribution in [3.8, 4) is 0 Å². The molecule has 0 saturated heterocycles. The van der Waals surface area contributed by atoms with Gasteiger partial charge < -0.3 is 4.74 Å². The number of esters is 1. The molecular formula is C17H12ClF2NO4S2. The normalized spacial score (nSPS) is 11.6. The maximum atomic E-state index is 14.4.